The van der Waals surface area contributed by atoms with Gasteiger partial charge in [0.2, 0.25) is 5.91 Å². The molecule has 0 aromatic heterocycles. The van der Waals surface area contributed by atoms with Crippen molar-refractivity contribution in [3.8, 4) is 0 Å². The van der Waals surface area contributed by atoms with Crippen LogP contribution in [0.3, 0.4) is 0 Å². The van der Waals surface area contributed by atoms with E-state index in [0.29, 0.717) is 18.1 Å². The number of amides is 1. The summed E-state index contributed by atoms with van der Waals surface area (Å²) in [5.74, 6) is 0.0167. The van der Waals surface area contributed by atoms with Crippen molar-refractivity contribution in [3.63, 3.8) is 0 Å². The van der Waals surface area contributed by atoms with Crippen molar-refractivity contribution in [2.75, 3.05) is 11.6 Å². The first-order chi connectivity index (χ1) is 7.59. The van der Waals surface area contributed by atoms with Gasteiger partial charge in [-0.15, -0.1) is 11.8 Å². The lowest BCUT2D eigenvalue weighted by atomic mass is 10.1. The zero-order valence-corrected chi connectivity index (χ0v) is 9.78. The average molecular weight is 244 g/mol. The summed E-state index contributed by atoms with van der Waals surface area (Å²) in [7, 11) is 0. The molecule has 3 N–H and O–H groups in total. The smallest absolute Gasteiger partial charge is 0.327 e. The van der Waals surface area contributed by atoms with Crippen molar-refractivity contribution in [3.05, 3.63) is 0 Å². The van der Waals surface area contributed by atoms with Crippen molar-refractivity contribution in [1.29, 1.82) is 0 Å². The first kappa shape index (κ1) is 11.7. The summed E-state index contributed by atoms with van der Waals surface area (Å²) >= 11 is 1.50. The molecule has 3 atom stereocenters. The molecular weight excluding hydrogens is 228 g/mol. The van der Waals surface area contributed by atoms with E-state index in [9.17, 15) is 9.59 Å². The number of hydrogen-bond donors (Lipinski definition) is 2. The Bertz CT molecular complexity index is 310. The maximum Gasteiger partial charge on any atom is 0.327 e. The lowest BCUT2D eigenvalue weighted by Gasteiger charge is -2.23. The van der Waals surface area contributed by atoms with Crippen LogP contribution >= 0.6 is 11.8 Å². The Morgan fingerprint density at radius 3 is 2.69 bits per heavy atom. The predicted octanol–water partition coefficient (Wildman–Crippen LogP) is 0.0999. The van der Waals surface area contributed by atoms with Gasteiger partial charge in [-0.1, -0.05) is 0 Å². The molecule has 2 rings (SSSR count). The van der Waals surface area contributed by atoms with E-state index in [0.717, 1.165) is 12.8 Å². The molecule has 2 fully saturated rings. The summed E-state index contributed by atoms with van der Waals surface area (Å²) in [5.41, 5.74) is 5.76. The molecule has 5 nitrogen and oxygen atoms in total. The molecule has 3 unspecified atom stereocenters. The molecule has 1 amide bonds. The van der Waals surface area contributed by atoms with Gasteiger partial charge in [-0.25, -0.2) is 4.79 Å². The Morgan fingerprint density at radius 1 is 1.38 bits per heavy atom. The zero-order valence-electron chi connectivity index (χ0n) is 8.96. The first-order valence-electron chi connectivity index (χ1n) is 5.46. The largest absolute Gasteiger partial charge is 0.480 e. The van der Waals surface area contributed by atoms with Crippen LogP contribution in [0.25, 0.3) is 0 Å². The van der Waals surface area contributed by atoms with Crippen LogP contribution in [0.2, 0.25) is 0 Å². The Balaban J connectivity index is 2.01. The van der Waals surface area contributed by atoms with E-state index in [1.165, 1.54) is 16.7 Å². The standard InChI is InChI=1S/C10H16N2O3S/c11-7-2-1-6(3-7)9(13)12-5-16-4-8(12)10(14)15/h6-8H,1-5,11H2,(H,14,15). The van der Waals surface area contributed by atoms with Crippen LogP contribution in [0, 0.1) is 5.92 Å². The number of hydrogen-bond acceptors (Lipinski definition) is 4. The summed E-state index contributed by atoms with van der Waals surface area (Å²) in [6, 6.07) is -0.540. The second kappa shape index (κ2) is 4.63. The first-order valence-corrected chi connectivity index (χ1v) is 6.61. The lowest BCUT2D eigenvalue weighted by molar-refractivity contribution is -0.149. The van der Waals surface area contributed by atoms with Crippen LogP contribution in [0.1, 0.15) is 19.3 Å². The van der Waals surface area contributed by atoms with Crippen LogP contribution < -0.4 is 5.73 Å². The molecule has 1 aliphatic heterocycles. The molecule has 0 radical (unpaired) electrons. The minimum absolute atomic E-state index is 0.0228. The molecule has 0 bridgehead atoms. The molecule has 1 heterocycles. The maximum absolute atomic E-state index is 12.1. The van der Waals surface area contributed by atoms with Crippen LogP contribution in [0.15, 0.2) is 0 Å². The molecule has 1 saturated heterocycles. The van der Waals surface area contributed by atoms with Crippen LogP contribution in [-0.2, 0) is 9.59 Å². The van der Waals surface area contributed by atoms with Gasteiger partial charge in [0, 0.05) is 17.7 Å². The van der Waals surface area contributed by atoms with Gasteiger partial charge >= 0.3 is 5.97 Å². The fourth-order valence-electron chi connectivity index (χ4n) is 2.34. The van der Waals surface area contributed by atoms with E-state index in [4.69, 9.17) is 10.8 Å². The molecule has 1 saturated carbocycles. The van der Waals surface area contributed by atoms with Gasteiger partial charge in [0.1, 0.15) is 6.04 Å². The third-order valence-electron chi connectivity index (χ3n) is 3.27. The summed E-state index contributed by atoms with van der Waals surface area (Å²) in [4.78, 5) is 24.6. The fourth-order valence-corrected chi connectivity index (χ4v) is 3.49. The molecule has 0 spiro atoms. The van der Waals surface area contributed by atoms with Gasteiger partial charge in [0.25, 0.3) is 0 Å². The number of aliphatic carboxylic acids is 1. The molecule has 0 aromatic rings. The highest BCUT2D eigenvalue weighted by molar-refractivity contribution is 7.99. The van der Waals surface area contributed by atoms with Gasteiger partial charge in [0.15, 0.2) is 0 Å². The highest BCUT2D eigenvalue weighted by Crippen LogP contribution is 2.30. The van der Waals surface area contributed by atoms with Crippen molar-refractivity contribution >= 4 is 23.6 Å². The maximum atomic E-state index is 12.1. The number of carboxylic acid groups (broad SMARTS) is 1. The normalized spacial score (nSPS) is 34.3. The van der Waals surface area contributed by atoms with Crippen molar-refractivity contribution in [2.24, 2.45) is 11.7 Å². The molecule has 90 valence electrons. The van der Waals surface area contributed by atoms with Gasteiger partial charge in [-0.05, 0) is 19.3 Å². The van der Waals surface area contributed by atoms with E-state index in [2.05, 4.69) is 0 Å². The minimum Gasteiger partial charge on any atom is -0.480 e. The third kappa shape index (κ3) is 2.17. The van der Waals surface area contributed by atoms with E-state index in [-0.39, 0.29) is 17.9 Å². The molecule has 1 aliphatic carbocycles. The molecule has 2 aliphatic rings. The minimum atomic E-state index is -0.902. The van der Waals surface area contributed by atoms with Crippen LogP contribution in [-0.4, -0.2) is 45.6 Å². The molecular formula is C10H16N2O3S. The van der Waals surface area contributed by atoms with Crippen LogP contribution in [0.5, 0.6) is 0 Å². The topological polar surface area (TPSA) is 83.6 Å². The summed E-state index contributed by atoms with van der Waals surface area (Å²) in [5, 5.41) is 9.00. The fraction of sp³-hybridized carbons (Fsp3) is 0.800. The van der Waals surface area contributed by atoms with Crippen molar-refractivity contribution in [2.45, 2.75) is 31.3 Å². The quantitative estimate of drug-likeness (QED) is 0.719. The Labute approximate surface area is 98.4 Å². The van der Waals surface area contributed by atoms with E-state index in [1.54, 1.807) is 0 Å². The average Bonchev–Trinajstić information content (AvgIpc) is 2.84. The summed E-state index contributed by atoms with van der Waals surface area (Å²) in [6.07, 6.45) is 2.37. The highest BCUT2D eigenvalue weighted by atomic mass is 32.2. The second-order valence-electron chi connectivity index (χ2n) is 4.43. The van der Waals surface area contributed by atoms with Crippen LogP contribution in [0.4, 0.5) is 0 Å². The number of thioether (sulfide) groups is 1. The Kier molecular flexibility index (Phi) is 3.39. The molecule has 0 aromatic carbocycles. The molecule has 6 heteroatoms. The number of carboxylic acids is 1. The Morgan fingerprint density at radius 2 is 2.12 bits per heavy atom. The highest BCUT2D eigenvalue weighted by Gasteiger charge is 2.39. The van der Waals surface area contributed by atoms with E-state index >= 15 is 0 Å². The number of nitrogens with two attached hydrogens (primary N) is 1. The Hall–Kier alpha value is -0.750. The predicted molar refractivity (Wildman–Crippen MR) is 60.9 cm³/mol. The van der Waals surface area contributed by atoms with Gasteiger partial charge in [-0.2, -0.15) is 0 Å². The lowest BCUT2D eigenvalue weighted by Crippen LogP contribution is -2.44. The van der Waals surface area contributed by atoms with E-state index in [1.807, 2.05) is 0 Å². The SMILES string of the molecule is NC1CCC(C(=O)N2CSCC2C(=O)O)C1. The van der Waals surface area contributed by atoms with E-state index < -0.39 is 12.0 Å². The second-order valence-corrected chi connectivity index (χ2v) is 5.43. The van der Waals surface area contributed by atoms with Gasteiger partial charge < -0.3 is 15.7 Å². The number of carbonyl (C=O) groups is 2. The van der Waals surface area contributed by atoms with Crippen molar-refractivity contribution in [1.82, 2.24) is 4.90 Å². The zero-order chi connectivity index (χ0) is 11.7. The third-order valence-corrected chi connectivity index (χ3v) is 4.29. The number of rotatable bonds is 2. The monoisotopic (exact) mass is 244 g/mol. The number of carbonyl (C=O) groups excluding carboxylic acids is 1. The summed E-state index contributed by atoms with van der Waals surface area (Å²) in [6.45, 7) is 0. The van der Waals surface area contributed by atoms with Crippen molar-refractivity contribution < 1.29 is 14.7 Å². The molecule has 16 heavy (non-hydrogen) atoms. The number of nitrogens with zero attached hydrogens (tertiary/aromatic N) is 1. The van der Waals surface area contributed by atoms with Gasteiger partial charge in [-0.3, -0.25) is 4.79 Å². The summed E-state index contributed by atoms with van der Waals surface area (Å²) < 4.78 is 0. The van der Waals surface area contributed by atoms with Gasteiger partial charge in [0.05, 0.1) is 5.88 Å².